The van der Waals surface area contributed by atoms with Crippen LogP contribution in [-0.4, -0.2) is 45.6 Å². The van der Waals surface area contributed by atoms with Crippen LogP contribution in [0.2, 0.25) is 0 Å². The third kappa shape index (κ3) is 4.15. The second-order valence-electron chi connectivity index (χ2n) is 9.93. The minimum Gasteiger partial charge on any atom is -0.504 e. The molecule has 2 saturated heterocycles. The van der Waals surface area contributed by atoms with Crippen molar-refractivity contribution in [3.63, 3.8) is 0 Å². The number of nitro groups is 1. The average Bonchev–Trinajstić information content (AvgIpc) is 3.42. The van der Waals surface area contributed by atoms with Gasteiger partial charge in [-0.3, -0.25) is 29.8 Å². The summed E-state index contributed by atoms with van der Waals surface area (Å²) in [5, 5.41) is 35.8. The van der Waals surface area contributed by atoms with E-state index in [9.17, 15) is 34.7 Å². The first-order chi connectivity index (χ1) is 19.1. The summed E-state index contributed by atoms with van der Waals surface area (Å²) in [5.74, 6) is -5.28. The van der Waals surface area contributed by atoms with Crippen molar-refractivity contribution in [3.8, 4) is 11.5 Å². The molecule has 0 radical (unpaired) electrons. The van der Waals surface area contributed by atoms with Crippen molar-refractivity contribution in [1.82, 2.24) is 5.32 Å². The molecular formula is C29H27N3O8. The zero-order valence-electron chi connectivity index (χ0n) is 21.7. The number of nitrogens with zero attached hydrogens (tertiary/aromatic N) is 2. The molecule has 11 heteroatoms. The van der Waals surface area contributed by atoms with Gasteiger partial charge in [-0.2, -0.15) is 0 Å². The van der Waals surface area contributed by atoms with E-state index in [0.717, 1.165) is 16.9 Å². The van der Waals surface area contributed by atoms with Crippen LogP contribution in [0.15, 0.2) is 66.7 Å². The second kappa shape index (κ2) is 10.1. The maximum Gasteiger partial charge on any atom is 0.325 e. The first kappa shape index (κ1) is 26.8. The number of hydrogen-bond acceptors (Lipinski definition) is 8. The van der Waals surface area contributed by atoms with Gasteiger partial charge in [0.05, 0.1) is 29.6 Å². The molecule has 11 nitrogen and oxygen atoms in total. The molecule has 4 unspecified atom stereocenters. The number of nitrogens with one attached hydrogen (secondary N) is 1. The van der Waals surface area contributed by atoms with Gasteiger partial charge in [0.1, 0.15) is 5.54 Å². The molecule has 3 aromatic rings. The number of nitro benzene ring substituents is 1. The van der Waals surface area contributed by atoms with E-state index < -0.39 is 46.1 Å². The number of rotatable bonds is 8. The summed E-state index contributed by atoms with van der Waals surface area (Å²) in [6.45, 7) is 1.97. The average molecular weight is 546 g/mol. The number of non-ortho nitro benzene ring substituents is 1. The van der Waals surface area contributed by atoms with Crippen molar-refractivity contribution < 1.29 is 34.3 Å². The number of aliphatic carboxylic acids is 1. The Morgan fingerprint density at radius 3 is 2.27 bits per heavy atom. The highest BCUT2D eigenvalue weighted by molar-refractivity contribution is 6.24. The van der Waals surface area contributed by atoms with Gasteiger partial charge < -0.3 is 14.9 Å². The van der Waals surface area contributed by atoms with E-state index in [1.54, 1.807) is 36.4 Å². The van der Waals surface area contributed by atoms with Gasteiger partial charge in [-0.1, -0.05) is 43.3 Å². The van der Waals surface area contributed by atoms with E-state index in [-0.39, 0.29) is 29.2 Å². The lowest BCUT2D eigenvalue weighted by molar-refractivity contribution is -0.384. The van der Waals surface area contributed by atoms with Gasteiger partial charge in [0, 0.05) is 30.2 Å². The number of phenols is 1. The highest BCUT2D eigenvalue weighted by atomic mass is 16.6. The number of phenolic OH excluding ortho intramolecular Hbond substituents is 1. The fraction of sp³-hybridized carbons (Fsp3) is 0.276. The summed E-state index contributed by atoms with van der Waals surface area (Å²) < 4.78 is 5.23. The summed E-state index contributed by atoms with van der Waals surface area (Å²) in [4.78, 5) is 52.6. The number of hydrogen-bond donors (Lipinski definition) is 3. The molecule has 0 saturated carbocycles. The predicted octanol–water partition coefficient (Wildman–Crippen LogP) is 3.39. The van der Waals surface area contributed by atoms with Gasteiger partial charge >= 0.3 is 5.97 Å². The zero-order chi connectivity index (χ0) is 28.8. The fourth-order valence-corrected chi connectivity index (χ4v) is 5.85. The number of aromatic hydroxyl groups is 1. The summed E-state index contributed by atoms with van der Waals surface area (Å²) in [6.07, 6.45) is 0.510. The minimum absolute atomic E-state index is 0.128. The fourth-order valence-electron chi connectivity index (χ4n) is 5.85. The lowest BCUT2D eigenvalue weighted by Crippen LogP contribution is -2.57. The SMILES string of the molecule is CCc1ccc(N2C(=O)C3C(c4cccc(OC)c4O)NC(Cc4ccc([N+](=O)[O-])cc4)(C(=O)O)C3C2=O)cc1. The van der Waals surface area contributed by atoms with Gasteiger partial charge in [0.15, 0.2) is 11.5 Å². The Balaban J connectivity index is 1.65. The third-order valence-corrected chi connectivity index (χ3v) is 7.85. The van der Waals surface area contributed by atoms with Crippen LogP contribution in [0.3, 0.4) is 0 Å². The summed E-state index contributed by atoms with van der Waals surface area (Å²) in [6, 6.07) is 15.9. The molecular weight excluding hydrogens is 518 g/mol. The number of ether oxygens (including phenoxy) is 1. The normalized spacial score (nSPS) is 23.8. The van der Waals surface area contributed by atoms with Gasteiger partial charge in [-0.25, -0.2) is 4.90 Å². The number of carbonyl (C=O) groups is 3. The molecule has 3 aromatic carbocycles. The van der Waals surface area contributed by atoms with Crippen LogP contribution >= 0.6 is 0 Å². The van der Waals surface area contributed by atoms with Gasteiger partial charge in [0.25, 0.3) is 5.69 Å². The molecule has 2 aliphatic rings. The lowest BCUT2D eigenvalue weighted by atomic mass is 9.76. The molecule has 0 bridgehead atoms. The number of fused-ring (bicyclic) bond motifs is 1. The lowest BCUT2D eigenvalue weighted by Gasteiger charge is -2.31. The van der Waals surface area contributed by atoms with E-state index in [1.807, 2.05) is 6.92 Å². The molecule has 0 aliphatic carbocycles. The van der Waals surface area contributed by atoms with Gasteiger partial charge in [-0.05, 0) is 35.7 Å². The predicted molar refractivity (Wildman–Crippen MR) is 143 cm³/mol. The molecule has 0 spiro atoms. The number of amides is 2. The van der Waals surface area contributed by atoms with Gasteiger partial charge in [0.2, 0.25) is 11.8 Å². The Labute approximate surface area is 229 Å². The first-order valence-corrected chi connectivity index (χ1v) is 12.7. The molecule has 4 atom stereocenters. The number of carbonyl (C=O) groups excluding carboxylic acids is 2. The van der Waals surface area contributed by atoms with Crippen LogP contribution in [0.4, 0.5) is 11.4 Å². The molecule has 3 N–H and O–H groups in total. The van der Waals surface area contributed by atoms with Gasteiger partial charge in [-0.15, -0.1) is 0 Å². The number of anilines is 1. The van der Waals surface area contributed by atoms with Crippen LogP contribution in [0.5, 0.6) is 11.5 Å². The summed E-state index contributed by atoms with van der Waals surface area (Å²) in [5.41, 5.74) is -0.178. The molecule has 206 valence electrons. The Kier molecular flexibility index (Phi) is 6.76. The van der Waals surface area contributed by atoms with Crippen molar-refractivity contribution >= 4 is 29.2 Å². The molecule has 2 heterocycles. The third-order valence-electron chi connectivity index (χ3n) is 7.85. The highest BCUT2D eigenvalue weighted by Crippen LogP contribution is 2.53. The monoisotopic (exact) mass is 545 g/mol. The highest BCUT2D eigenvalue weighted by Gasteiger charge is 2.69. The van der Waals surface area contributed by atoms with Crippen LogP contribution in [0.1, 0.15) is 29.7 Å². The van der Waals surface area contributed by atoms with Crippen LogP contribution < -0.4 is 15.0 Å². The quantitative estimate of drug-likeness (QED) is 0.219. The first-order valence-electron chi connectivity index (χ1n) is 12.7. The summed E-state index contributed by atoms with van der Waals surface area (Å²) in [7, 11) is 1.37. The molecule has 2 aliphatic heterocycles. The van der Waals surface area contributed by atoms with Crippen LogP contribution in [0.25, 0.3) is 0 Å². The Hall–Kier alpha value is -4.77. The molecule has 5 rings (SSSR count). The van der Waals surface area contributed by atoms with E-state index >= 15 is 0 Å². The van der Waals surface area contributed by atoms with E-state index in [4.69, 9.17) is 4.74 Å². The number of carboxylic acids is 1. The Bertz CT molecular complexity index is 1500. The minimum atomic E-state index is -1.97. The zero-order valence-corrected chi connectivity index (χ0v) is 21.7. The number of imide groups is 1. The number of para-hydroxylation sites is 1. The van der Waals surface area contributed by atoms with Crippen LogP contribution in [0, 0.1) is 22.0 Å². The van der Waals surface area contributed by atoms with Crippen LogP contribution in [-0.2, 0) is 27.2 Å². The van der Waals surface area contributed by atoms with Crippen molar-refractivity contribution in [2.45, 2.75) is 31.3 Å². The molecule has 2 fully saturated rings. The molecule has 2 amide bonds. The van der Waals surface area contributed by atoms with Crippen molar-refractivity contribution in [3.05, 3.63) is 93.5 Å². The van der Waals surface area contributed by atoms with E-state index in [1.165, 1.54) is 37.4 Å². The van der Waals surface area contributed by atoms with Crippen molar-refractivity contribution in [2.75, 3.05) is 12.0 Å². The Morgan fingerprint density at radius 2 is 1.70 bits per heavy atom. The standard InChI is InChI=1S/C29H27N3O8/c1-3-16-7-11-18(12-8-16)31-26(34)22-23(27(31)35)29(28(36)37,15-17-9-13-19(14-10-17)32(38)39)30-24(22)20-5-4-6-21(40-2)25(20)33/h4-14,22-24,30,33H,3,15H2,1-2H3,(H,36,37). The number of benzene rings is 3. The smallest absolute Gasteiger partial charge is 0.325 e. The largest absolute Gasteiger partial charge is 0.504 e. The van der Waals surface area contributed by atoms with Crippen molar-refractivity contribution in [2.24, 2.45) is 11.8 Å². The number of aryl methyl sites for hydroxylation is 1. The maximum atomic E-state index is 14.0. The van der Waals surface area contributed by atoms with E-state index in [2.05, 4.69) is 5.32 Å². The molecule has 0 aromatic heterocycles. The Morgan fingerprint density at radius 1 is 1.05 bits per heavy atom. The summed E-state index contributed by atoms with van der Waals surface area (Å²) >= 11 is 0. The number of carboxylic acid groups (broad SMARTS) is 1. The van der Waals surface area contributed by atoms with E-state index in [0.29, 0.717) is 11.3 Å². The molecule has 40 heavy (non-hydrogen) atoms. The maximum absolute atomic E-state index is 14.0. The topological polar surface area (TPSA) is 159 Å². The number of methoxy groups -OCH3 is 1. The second-order valence-corrected chi connectivity index (χ2v) is 9.93. The van der Waals surface area contributed by atoms with Crippen molar-refractivity contribution in [1.29, 1.82) is 0 Å².